The minimum atomic E-state index is -5.05. The van der Waals surface area contributed by atoms with Crippen LogP contribution < -0.4 is 0 Å². The Morgan fingerprint density at radius 3 is 2.41 bits per heavy atom. The number of halogens is 3. The minimum Gasteiger partial charge on any atom is -0.507 e. The predicted molar refractivity (Wildman–Crippen MR) is 70.9 cm³/mol. The van der Waals surface area contributed by atoms with Crippen molar-refractivity contribution in [2.75, 3.05) is 7.11 Å². The van der Waals surface area contributed by atoms with Crippen molar-refractivity contribution in [1.82, 2.24) is 0 Å². The van der Waals surface area contributed by atoms with Gasteiger partial charge in [-0.1, -0.05) is 30.3 Å². The van der Waals surface area contributed by atoms with Gasteiger partial charge in [-0.15, -0.1) is 13.2 Å². The maximum Gasteiger partial charge on any atom is 0.525 e. The van der Waals surface area contributed by atoms with Crippen LogP contribution in [0.5, 0.6) is 0 Å². The molecular formula is C15H13F3O4. The molecule has 7 heteroatoms. The van der Waals surface area contributed by atoms with E-state index in [0.717, 1.165) is 19.3 Å². The van der Waals surface area contributed by atoms with E-state index in [4.69, 9.17) is 0 Å². The summed E-state index contributed by atoms with van der Waals surface area (Å²) in [7, 11) is 0.942. The Hall–Kier alpha value is -2.12. The largest absolute Gasteiger partial charge is 0.525 e. The second-order valence-electron chi connectivity index (χ2n) is 4.62. The van der Waals surface area contributed by atoms with Crippen LogP contribution in [0.25, 0.3) is 0 Å². The molecule has 0 fully saturated rings. The first-order valence-corrected chi connectivity index (χ1v) is 6.27. The molecule has 2 unspecified atom stereocenters. The van der Waals surface area contributed by atoms with Gasteiger partial charge in [0.2, 0.25) is 0 Å². The molecule has 1 aromatic rings. The molecule has 0 bridgehead atoms. The quantitative estimate of drug-likeness (QED) is 0.685. The van der Waals surface area contributed by atoms with Gasteiger partial charge >= 0.3 is 6.36 Å². The second kappa shape index (κ2) is 5.94. The first-order valence-electron chi connectivity index (χ1n) is 6.27. The third-order valence-electron chi connectivity index (χ3n) is 3.26. The molecule has 0 heterocycles. The van der Waals surface area contributed by atoms with E-state index >= 15 is 0 Å². The zero-order valence-electron chi connectivity index (χ0n) is 11.5. The Balaban J connectivity index is 2.47. The number of carbonyl (C=O) groups is 1. The van der Waals surface area contributed by atoms with Gasteiger partial charge in [0, 0.05) is 18.6 Å². The van der Waals surface area contributed by atoms with Crippen molar-refractivity contribution in [3.8, 4) is 0 Å². The van der Waals surface area contributed by atoms with Gasteiger partial charge in [0.1, 0.15) is 6.29 Å². The molecule has 4 nitrogen and oxygen atoms in total. The van der Waals surface area contributed by atoms with Crippen LogP contribution in [0.3, 0.4) is 0 Å². The lowest BCUT2D eigenvalue weighted by atomic mass is 9.85. The van der Waals surface area contributed by atoms with E-state index < -0.39 is 23.8 Å². The maximum absolute atomic E-state index is 12.5. The highest BCUT2D eigenvalue weighted by atomic mass is 19.4. The molecule has 1 aliphatic rings. The van der Waals surface area contributed by atoms with Crippen LogP contribution in [-0.2, 0) is 14.3 Å². The number of aliphatic hydroxyl groups excluding tert-OH is 1. The van der Waals surface area contributed by atoms with Gasteiger partial charge in [-0.2, -0.15) is 0 Å². The summed E-state index contributed by atoms with van der Waals surface area (Å²) < 4.78 is 46.2. The molecule has 118 valence electrons. The molecule has 0 spiro atoms. The maximum atomic E-state index is 12.5. The summed E-state index contributed by atoms with van der Waals surface area (Å²) in [5.74, 6) is -4.01. The lowest BCUT2D eigenvalue weighted by Crippen LogP contribution is -2.42. The lowest BCUT2D eigenvalue weighted by molar-refractivity contribution is -0.395. The van der Waals surface area contributed by atoms with Crippen molar-refractivity contribution in [3.05, 3.63) is 59.4 Å². The van der Waals surface area contributed by atoms with E-state index in [1.165, 1.54) is 0 Å². The third-order valence-corrected chi connectivity index (χ3v) is 3.26. The average molecular weight is 314 g/mol. The number of carbonyl (C=O) groups excluding carboxylic acids is 1. The normalized spacial score (nSPS) is 25.4. The van der Waals surface area contributed by atoms with Crippen molar-refractivity contribution in [1.29, 1.82) is 0 Å². The van der Waals surface area contributed by atoms with E-state index in [9.17, 15) is 23.1 Å². The number of aldehydes is 1. The van der Waals surface area contributed by atoms with Crippen molar-refractivity contribution in [2.45, 2.75) is 18.1 Å². The van der Waals surface area contributed by atoms with Crippen molar-refractivity contribution < 1.29 is 32.5 Å². The summed E-state index contributed by atoms with van der Waals surface area (Å²) in [6.45, 7) is 0. The van der Waals surface area contributed by atoms with Gasteiger partial charge in [-0.25, -0.2) is 4.74 Å². The molecular weight excluding hydrogens is 301 g/mol. The third kappa shape index (κ3) is 3.20. The number of hydrogen-bond acceptors (Lipinski definition) is 4. The Kier molecular flexibility index (Phi) is 4.39. The Morgan fingerprint density at radius 1 is 1.27 bits per heavy atom. The van der Waals surface area contributed by atoms with Crippen molar-refractivity contribution in [2.24, 2.45) is 0 Å². The van der Waals surface area contributed by atoms with E-state index in [1.807, 2.05) is 0 Å². The zero-order valence-corrected chi connectivity index (χ0v) is 11.5. The van der Waals surface area contributed by atoms with Crippen LogP contribution in [0.1, 0.15) is 11.5 Å². The highest BCUT2D eigenvalue weighted by Gasteiger charge is 2.48. The van der Waals surface area contributed by atoms with Crippen LogP contribution in [0.2, 0.25) is 0 Å². The SMILES string of the molecule is COC1(OC(F)(F)F)C=C(C=O)C(c2ccccc2)C=C1O. The zero-order chi connectivity index (χ0) is 16.4. The van der Waals surface area contributed by atoms with Crippen LogP contribution in [-0.4, -0.2) is 30.7 Å². The summed E-state index contributed by atoms with van der Waals surface area (Å²) >= 11 is 0. The monoisotopic (exact) mass is 314 g/mol. The van der Waals surface area contributed by atoms with E-state index in [0.29, 0.717) is 11.8 Å². The highest BCUT2D eigenvalue weighted by Crippen LogP contribution is 2.40. The number of rotatable bonds is 4. The number of aliphatic hydroxyl groups is 1. The van der Waals surface area contributed by atoms with Crippen molar-refractivity contribution in [3.63, 3.8) is 0 Å². The van der Waals surface area contributed by atoms with Crippen LogP contribution in [0.4, 0.5) is 13.2 Å². The van der Waals surface area contributed by atoms with Crippen molar-refractivity contribution >= 4 is 6.29 Å². The Labute approximate surface area is 124 Å². The average Bonchev–Trinajstić information content (AvgIpc) is 2.48. The first kappa shape index (κ1) is 16.3. The van der Waals surface area contributed by atoms with Crippen LogP contribution in [0, 0.1) is 0 Å². The number of ether oxygens (including phenoxy) is 2. The first-order chi connectivity index (χ1) is 10.3. The molecule has 0 aromatic heterocycles. The highest BCUT2D eigenvalue weighted by molar-refractivity contribution is 5.78. The summed E-state index contributed by atoms with van der Waals surface area (Å²) in [5.41, 5.74) is 0.638. The standard InChI is InChI=1S/C15H13F3O4/c1-21-14(22-15(16,17)18)8-11(9-19)12(7-13(14)20)10-5-3-2-4-6-10/h2-9,12,20H,1H3. The number of benzene rings is 1. The van der Waals surface area contributed by atoms with Gasteiger partial charge < -0.3 is 9.84 Å². The second-order valence-corrected chi connectivity index (χ2v) is 4.62. The molecule has 2 atom stereocenters. The number of hydrogen-bond donors (Lipinski definition) is 1. The van der Waals surface area contributed by atoms with E-state index in [2.05, 4.69) is 9.47 Å². The van der Waals surface area contributed by atoms with Gasteiger partial charge in [0.25, 0.3) is 5.79 Å². The van der Waals surface area contributed by atoms with Gasteiger partial charge in [0.15, 0.2) is 5.76 Å². The molecule has 0 radical (unpaired) electrons. The molecule has 1 aromatic carbocycles. The minimum absolute atomic E-state index is 0.00454. The lowest BCUT2D eigenvalue weighted by Gasteiger charge is -2.34. The molecule has 0 aliphatic heterocycles. The predicted octanol–water partition coefficient (Wildman–Crippen LogP) is 3.23. The number of alkyl halides is 3. The fraction of sp³-hybridized carbons (Fsp3) is 0.267. The molecule has 22 heavy (non-hydrogen) atoms. The summed E-state index contributed by atoms with van der Waals surface area (Å²) in [6, 6.07) is 8.57. The number of allylic oxidation sites excluding steroid dienone is 2. The molecule has 0 amide bonds. The fourth-order valence-corrected chi connectivity index (χ4v) is 2.27. The summed E-state index contributed by atoms with van der Waals surface area (Å²) in [5, 5.41) is 9.98. The van der Waals surface area contributed by atoms with E-state index in [1.54, 1.807) is 30.3 Å². The fourth-order valence-electron chi connectivity index (χ4n) is 2.27. The Bertz CT molecular complexity index is 607. The molecule has 0 saturated carbocycles. The van der Waals surface area contributed by atoms with Gasteiger partial charge in [0.05, 0.1) is 0 Å². The van der Waals surface area contributed by atoms with Crippen LogP contribution in [0.15, 0.2) is 53.8 Å². The van der Waals surface area contributed by atoms with E-state index in [-0.39, 0.29) is 5.57 Å². The Morgan fingerprint density at radius 2 is 1.91 bits per heavy atom. The van der Waals surface area contributed by atoms with Crippen LogP contribution >= 0.6 is 0 Å². The number of methoxy groups -OCH3 is 1. The molecule has 1 N–H and O–H groups in total. The summed E-state index contributed by atoms with van der Waals surface area (Å²) in [6.07, 6.45) is -2.70. The molecule has 1 aliphatic carbocycles. The topological polar surface area (TPSA) is 55.8 Å². The molecule has 2 rings (SSSR count). The molecule has 0 saturated heterocycles. The smallest absolute Gasteiger partial charge is 0.507 e. The van der Waals surface area contributed by atoms with Gasteiger partial charge in [-0.05, 0) is 17.7 Å². The summed E-state index contributed by atoms with van der Waals surface area (Å²) in [4.78, 5) is 11.2. The van der Waals surface area contributed by atoms with Gasteiger partial charge in [-0.3, -0.25) is 4.79 Å².